The van der Waals surface area contributed by atoms with Gasteiger partial charge in [0.25, 0.3) is 5.69 Å². The summed E-state index contributed by atoms with van der Waals surface area (Å²) in [5.41, 5.74) is 0.869. The van der Waals surface area contributed by atoms with Gasteiger partial charge < -0.3 is 4.90 Å². The Morgan fingerprint density at radius 1 is 1.43 bits per heavy atom. The number of carbonyl (C=O) groups is 1. The van der Waals surface area contributed by atoms with Crippen LogP contribution in [-0.4, -0.2) is 47.3 Å². The molecule has 0 unspecified atom stereocenters. The molecule has 0 atom stereocenters. The number of amides is 1. The van der Waals surface area contributed by atoms with Crippen LogP contribution in [0.2, 0.25) is 0 Å². The van der Waals surface area contributed by atoms with E-state index in [0.717, 1.165) is 31.5 Å². The van der Waals surface area contributed by atoms with Gasteiger partial charge in [-0.15, -0.1) is 0 Å². The van der Waals surface area contributed by atoms with Crippen LogP contribution in [0.25, 0.3) is 0 Å². The van der Waals surface area contributed by atoms with Crippen LogP contribution in [-0.2, 0) is 11.3 Å². The number of likely N-dealkylation sites (N-methyl/N-ethyl adjacent to an activating group) is 1. The van der Waals surface area contributed by atoms with Crippen molar-refractivity contribution in [1.29, 1.82) is 0 Å². The third-order valence-corrected chi connectivity index (χ3v) is 4.19. The van der Waals surface area contributed by atoms with Crippen LogP contribution in [0.5, 0.6) is 0 Å². The summed E-state index contributed by atoms with van der Waals surface area (Å²) in [6.45, 7) is 2.53. The molecule has 1 aliphatic rings. The van der Waals surface area contributed by atoms with Gasteiger partial charge in [0, 0.05) is 25.7 Å². The second-order valence-electron chi connectivity index (χ2n) is 5.30. The Balaban J connectivity index is 1.96. The highest BCUT2D eigenvalue weighted by Gasteiger charge is 2.19. The molecule has 1 aromatic carbocycles. The lowest BCUT2D eigenvalue weighted by atomic mass is 10.2. The molecule has 0 aliphatic carbocycles. The van der Waals surface area contributed by atoms with Crippen LogP contribution in [0.3, 0.4) is 0 Å². The van der Waals surface area contributed by atoms with Crippen LogP contribution in [0.15, 0.2) is 22.7 Å². The van der Waals surface area contributed by atoms with E-state index in [4.69, 9.17) is 0 Å². The normalized spacial score (nSPS) is 14.7. The summed E-state index contributed by atoms with van der Waals surface area (Å²) in [7, 11) is 1.85. The van der Waals surface area contributed by atoms with E-state index < -0.39 is 4.92 Å². The highest BCUT2D eigenvalue weighted by atomic mass is 79.9. The van der Waals surface area contributed by atoms with Gasteiger partial charge in [0.05, 0.1) is 15.9 Å². The average Bonchev–Trinajstić information content (AvgIpc) is 2.94. The molecular weight excluding hydrogens is 338 g/mol. The summed E-state index contributed by atoms with van der Waals surface area (Å²) in [6, 6.07) is 5.04. The highest BCUT2D eigenvalue weighted by molar-refractivity contribution is 9.10. The van der Waals surface area contributed by atoms with Crippen LogP contribution in [0.4, 0.5) is 5.69 Å². The lowest BCUT2D eigenvalue weighted by molar-refractivity contribution is -0.385. The second-order valence-corrected chi connectivity index (χ2v) is 6.16. The first kappa shape index (κ1) is 15.9. The number of nitrogens with zero attached hydrogens (tertiary/aromatic N) is 3. The third-order valence-electron chi connectivity index (χ3n) is 3.52. The fourth-order valence-electron chi connectivity index (χ4n) is 2.46. The maximum absolute atomic E-state index is 12.0. The summed E-state index contributed by atoms with van der Waals surface area (Å²) < 4.78 is 0.465. The largest absolute Gasteiger partial charge is 0.342 e. The van der Waals surface area contributed by atoms with Crippen molar-refractivity contribution in [2.45, 2.75) is 19.4 Å². The molecule has 1 aromatic rings. The van der Waals surface area contributed by atoms with Gasteiger partial charge in [-0.1, -0.05) is 6.07 Å². The number of nitro benzene ring substituents is 1. The molecule has 0 radical (unpaired) electrons. The fourth-order valence-corrected chi connectivity index (χ4v) is 2.85. The van der Waals surface area contributed by atoms with E-state index in [0.29, 0.717) is 17.6 Å². The molecule has 1 heterocycles. The van der Waals surface area contributed by atoms with Crippen molar-refractivity contribution in [2.75, 3.05) is 26.7 Å². The molecule has 1 saturated heterocycles. The maximum atomic E-state index is 12.0. The molecule has 0 saturated carbocycles. The van der Waals surface area contributed by atoms with Crippen molar-refractivity contribution in [3.63, 3.8) is 0 Å². The van der Waals surface area contributed by atoms with E-state index >= 15 is 0 Å². The predicted molar refractivity (Wildman–Crippen MR) is 82.9 cm³/mol. The molecule has 6 nitrogen and oxygen atoms in total. The molecule has 1 amide bonds. The number of hydrogen-bond donors (Lipinski definition) is 0. The molecule has 1 aliphatic heterocycles. The SMILES string of the molecule is CN(CC(=O)N1CCCC1)Cc1ccc(Br)c([N+](=O)[O-])c1. The maximum Gasteiger partial charge on any atom is 0.283 e. The zero-order valence-electron chi connectivity index (χ0n) is 11.9. The Morgan fingerprint density at radius 2 is 2.10 bits per heavy atom. The molecule has 114 valence electrons. The zero-order valence-corrected chi connectivity index (χ0v) is 13.5. The number of rotatable bonds is 5. The van der Waals surface area contributed by atoms with Gasteiger partial charge in [-0.05, 0) is 47.4 Å². The Morgan fingerprint density at radius 3 is 2.71 bits per heavy atom. The summed E-state index contributed by atoms with van der Waals surface area (Å²) in [5.74, 6) is 0.126. The van der Waals surface area contributed by atoms with Gasteiger partial charge in [-0.25, -0.2) is 0 Å². The molecule has 0 spiro atoms. The Hall–Kier alpha value is -1.47. The third kappa shape index (κ3) is 4.25. The van der Waals surface area contributed by atoms with Gasteiger partial charge in [0.1, 0.15) is 0 Å². The van der Waals surface area contributed by atoms with E-state index in [1.54, 1.807) is 12.1 Å². The van der Waals surface area contributed by atoms with Gasteiger partial charge in [-0.3, -0.25) is 19.8 Å². The van der Waals surface area contributed by atoms with Crippen LogP contribution in [0.1, 0.15) is 18.4 Å². The van der Waals surface area contributed by atoms with Crippen molar-refractivity contribution in [1.82, 2.24) is 9.80 Å². The Kier molecular flexibility index (Phi) is 5.30. The lowest BCUT2D eigenvalue weighted by Gasteiger charge is -2.21. The topological polar surface area (TPSA) is 66.7 Å². The molecule has 0 bridgehead atoms. The minimum atomic E-state index is -0.414. The van der Waals surface area contributed by atoms with E-state index in [-0.39, 0.29) is 11.6 Å². The van der Waals surface area contributed by atoms with Gasteiger partial charge in [-0.2, -0.15) is 0 Å². The monoisotopic (exact) mass is 355 g/mol. The van der Waals surface area contributed by atoms with Crippen molar-refractivity contribution in [3.8, 4) is 0 Å². The lowest BCUT2D eigenvalue weighted by Crippen LogP contribution is -2.36. The number of likely N-dealkylation sites (tertiary alicyclic amines) is 1. The minimum absolute atomic E-state index is 0.0479. The number of hydrogen-bond acceptors (Lipinski definition) is 4. The molecule has 2 rings (SSSR count). The van der Waals surface area contributed by atoms with Crippen molar-refractivity contribution in [3.05, 3.63) is 38.3 Å². The Labute approximate surface area is 132 Å². The van der Waals surface area contributed by atoms with E-state index in [1.807, 2.05) is 22.9 Å². The summed E-state index contributed by atoms with van der Waals surface area (Å²) in [5, 5.41) is 10.9. The molecule has 0 N–H and O–H groups in total. The van der Waals surface area contributed by atoms with Crippen LogP contribution in [0, 0.1) is 10.1 Å². The van der Waals surface area contributed by atoms with Crippen LogP contribution < -0.4 is 0 Å². The number of halogens is 1. The smallest absolute Gasteiger partial charge is 0.283 e. The standard InChI is InChI=1S/C14H18BrN3O3/c1-16(10-14(19)17-6-2-3-7-17)9-11-4-5-12(15)13(8-11)18(20)21/h4-5,8H,2-3,6-7,9-10H2,1H3. The Bertz CT molecular complexity index is 544. The first-order valence-corrected chi connectivity index (χ1v) is 7.66. The first-order chi connectivity index (χ1) is 9.97. The molecular formula is C14H18BrN3O3. The summed E-state index contributed by atoms with van der Waals surface area (Å²) in [6.07, 6.45) is 2.16. The molecule has 21 heavy (non-hydrogen) atoms. The quantitative estimate of drug-likeness (QED) is 0.600. The fraction of sp³-hybridized carbons (Fsp3) is 0.500. The molecule has 1 fully saturated rings. The number of nitro groups is 1. The summed E-state index contributed by atoms with van der Waals surface area (Å²) >= 11 is 3.17. The van der Waals surface area contributed by atoms with Crippen molar-refractivity contribution >= 4 is 27.5 Å². The minimum Gasteiger partial charge on any atom is -0.342 e. The molecule has 7 heteroatoms. The predicted octanol–water partition coefficient (Wildman–Crippen LogP) is 2.41. The van der Waals surface area contributed by atoms with Gasteiger partial charge >= 0.3 is 0 Å². The zero-order chi connectivity index (χ0) is 15.4. The van der Waals surface area contributed by atoms with Crippen molar-refractivity contribution in [2.24, 2.45) is 0 Å². The van der Waals surface area contributed by atoms with E-state index in [2.05, 4.69) is 15.9 Å². The highest BCUT2D eigenvalue weighted by Crippen LogP contribution is 2.26. The van der Waals surface area contributed by atoms with E-state index in [9.17, 15) is 14.9 Å². The van der Waals surface area contributed by atoms with Crippen molar-refractivity contribution < 1.29 is 9.72 Å². The number of carbonyl (C=O) groups excluding carboxylic acids is 1. The molecule has 0 aromatic heterocycles. The van der Waals surface area contributed by atoms with Crippen LogP contribution >= 0.6 is 15.9 Å². The second kappa shape index (κ2) is 7.00. The first-order valence-electron chi connectivity index (χ1n) is 6.86. The number of benzene rings is 1. The average molecular weight is 356 g/mol. The van der Waals surface area contributed by atoms with Gasteiger partial charge in [0.2, 0.25) is 5.91 Å². The van der Waals surface area contributed by atoms with Gasteiger partial charge in [0.15, 0.2) is 0 Å². The summed E-state index contributed by atoms with van der Waals surface area (Å²) in [4.78, 5) is 26.3. The van der Waals surface area contributed by atoms with E-state index in [1.165, 1.54) is 0 Å².